The second kappa shape index (κ2) is 12.5. The van der Waals surface area contributed by atoms with Gasteiger partial charge in [-0.1, -0.05) is 13.3 Å². The molecule has 2 heterocycles. The summed E-state index contributed by atoms with van der Waals surface area (Å²) >= 11 is 0. The van der Waals surface area contributed by atoms with Crippen LogP contribution in [0.15, 0.2) is 18.6 Å². The largest absolute Gasteiger partial charge is 0.347 e. The Kier molecular flexibility index (Phi) is 9.77. The zero-order valence-electron chi connectivity index (χ0n) is 19.5. The van der Waals surface area contributed by atoms with Crippen molar-refractivity contribution in [2.24, 2.45) is 5.92 Å². The van der Waals surface area contributed by atoms with E-state index in [2.05, 4.69) is 25.9 Å². The lowest BCUT2D eigenvalue weighted by Gasteiger charge is -2.27. The van der Waals surface area contributed by atoms with Gasteiger partial charge in [0.1, 0.15) is 17.8 Å². The maximum Gasteiger partial charge on any atom is 0.272 e. The van der Waals surface area contributed by atoms with Crippen LogP contribution in [-0.2, 0) is 24.0 Å². The van der Waals surface area contributed by atoms with Crippen LogP contribution in [0.3, 0.4) is 0 Å². The van der Waals surface area contributed by atoms with E-state index in [-0.39, 0.29) is 18.2 Å². The van der Waals surface area contributed by atoms with E-state index in [0.717, 1.165) is 13.3 Å². The number of aromatic nitrogens is 2. The van der Waals surface area contributed by atoms with Crippen molar-refractivity contribution in [1.29, 1.82) is 0 Å². The van der Waals surface area contributed by atoms with Crippen molar-refractivity contribution in [3.8, 4) is 0 Å². The molecule has 3 N–H and O–H groups in total. The molecular formula is C22H30N6O6. The van der Waals surface area contributed by atoms with Crippen molar-refractivity contribution in [2.45, 2.75) is 52.1 Å². The standard InChI is InChI=1S/C22H30N6O6/c1-4-5-15-6-9-28(19(15)22(34)25-11-17(30)14(3)29)18(31)12-26-20(32)13(2)27-21(33)16-10-23-7-8-24-16/h7-8,10,13,15,19H,4-6,9,11-12H2,1-3H3,(H,25,34)(H,26,32)(H,27,33)/t13?,15-,19?/m0/s1. The molecule has 1 aliphatic heterocycles. The van der Waals surface area contributed by atoms with Gasteiger partial charge in [0, 0.05) is 25.9 Å². The Balaban J connectivity index is 1.94. The molecule has 2 rings (SSSR count). The maximum absolute atomic E-state index is 12.8. The molecule has 1 aromatic heterocycles. The minimum atomic E-state index is -0.939. The van der Waals surface area contributed by atoms with E-state index in [1.807, 2.05) is 6.92 Å². The highest BCUT2D eigenvalue weighted by atomic mass is 16.2. The lowest BCUT2D eigenvalue weighted by Crippen LogP contribution is -2.53. The van der Waals surface area contributed by atoms with Gasteiger partial charge in [-0.15, -0.1) is 0 Å². The van der Waals surface area contributed by atoms with E-state index >= 15 is 0 Å². The van der Waals surface area contributed by atoms with E-state index in [1.165, 1.54) is 30.4 Å². The van der Waals surface area contributed by atoms with Crippen LogP contribution in [0.5, 0.6) is 0 Å². The molecule has 184 valence electrons. The van der Waals surface area contributed by atoms with E-state index < -0.39 is 53.8 Å². The van der Waals surface area contributed by atoms with Gasteiger partial charge in [-0.2, -0.15) is 0 Å². The monoisotopic (exact) mass is 474 g/mol. The number of rotatable bonds is 11. The number of likely N-dealkylation sites (tertiary alicyclic amines) is 1. The number of hydrogen-bond donors (Lipinski definition) is 3. The first-order valence-corrected chi connectivity index (χ1v) is 11.1. The van der Waals surface area contributed by atoms with Crippen LogP contribution in [0.2, 0.25) is 0 Å². The van der Waals surface area contributed by atoms with Crippen LogP contribution in [0, 0.1) is 5.92 Å². The summed E-state index contributed by atoms with van der Waals surface area (Å²) in [6.45, 7) is 4.10. The molecule has 0 saturated carbocycles. The molecule has 12 nitrogen and oxygen atoms in total. The lowest BCUT2D eigenvalue weighted by atomic mass is 9.94. The first-order chi connectivity index (χ1) is 16.1. The minimum Gasteiger partial charge on any atom is -0.347 e. The van der Waals surface area contributed by atoms with Crippen molar-refractivity contribution in [1.82, 2.24) is 30.8 Å². The van der Waals surface area contributed by atoms with Crippen LogP contribution in [0.1, 0.15) is 50.5 Å². The van der Waals surface area contributed by atoms with Crippen LogP contribution >= 0.6 is 0 Å². The second-order valence-corrected chi connectivity index (χ2v) is 8.07. The van der Waals surface area contributed by atoms with Crippen molar-refractivity contribution < 1.29 is 28.8 Å². The smallest absolute Gasteiger partial charge is 0.272 e. The molecular weight excluding hydrogens is 444 g/mol. The average Bonchev–Trinajstić information content (AvgIpc) is 3.24. The van der Waals surface area contributed by atoms with Gasteiger partial charge in [0.05, 0.1) is 19.3 Å². The molecule has 1 aromatic rings. The number of nitrogens with one attached hydrogen (secondary N) is 3. The summed E-state index contributed by atoms with van der Waals surface area (Å²) in [7, 11) is 0. The van der Waals surface area contributed by atoms with Crippen LogP contribution < -0.4 is 16.0 Å². The highest BCUT2D eigenvalue weighted by molar-refractivity contribution is 6.37. The van der Waals surface area contributed by atoms with Crippen molar-refractivity contribution >= 4 is 35.2 Å². The van der Waals surface area contributed by atoms with Gasteiger partial charge in [-0.05, 0) is 25.7 Å². The SMILES string of the molecule is CCC[C@H]1CCN(C(=O)CNC(=O)C(C)NC(=O)c2cnccn2)C1C(=O)NCC(=O)C(C)=O. The first kappa shape index (κ1) is 26.6. The van der Waals surface area contributed by atoms with E-state index in [1.54, 1.807) is 0 Å². The van der Waals surface area contributed by atoms with Gasteiger partial charge >= 0.3 is 0 Å². The maximum atomic E-state index is 12.8. The van der Waals surface area contributed by atoms with Gasteiger partial charge in [0.25, 0.3) is 5.91 Å². The van der Waals surface area contributed by atoms with E-state index in [0.29, 0.717) is 19.4 Å². The molecule has 4 amide bonds. The Hall–Kier alpha value is -3.70. The third kappa shape index (κ3) is 7.15. The Labute approximate surface area is 197 Å². The Bertz CT molecular complexity index is 937. The number of ketones is 2. The number of amides is 4. The fraction of sp³-hybridized carbons (Fsp3) is 0.545. The number of carbonyl (C=O) groups excluding carboxylic acids is 6. The molecule has 0 spiro atoms. The summed E-state index contributed by atoms with van der Waals surface area (Å²) in [5.74, 6) is -3.60. The fourth-order valence-corrected chi connectivity index (χ4v) is 3.73. The third-order valence-electron chi connectivity index (χ3n) is 5.54. The van der Waals surface area contributed by atoms with Gasteiger partial charge in [-0.3, -0.25) is 33.8 Å². The normalized spacial score (nSPS) is 18.0. The van der Waals surface area contributed by atoms with Crippen molar-refractivity contribution in [3.63, 3.8) is 0 Å². The predicted molar refractivity (Wildman–Crippen MR) is 119 cm³/mol. The van der Waals surface area contributed by atoms with Crippen LogP contribution in [-0.4, -0.2) is 81.8 Å². The summed E-state index contributed by atoms with van der Waals surface area (Å²) in [4.78, 5) is 81.8. The topological polar surface area (TPSA) is 168 Å². The predicted octanol–water partition coefficient (Wildman–Crippen LogP) is -0.997. The summed E-state index contributed by atoms with van der Waals surface area (Å²) in [6.07, 6.45) is 6.15. The molecule has 3 atom stereocenters. The zero-order valence-corrected chi connectivity index (χ0v) is 19.5. The Morgan fingerprint density at radius 1 is 1.12 bits per heavy atom. The third-order valence-corrected chi connectivity index (χ3v) is 5.54. The molecule has 0 aromatic carbocycles. The molecule has 2 unspecified atom stereocenters. The van der Waals surface area contributed by atoms with Crippen molar-refractivity contribution in [3.05, 3.63) is 24.3 Å². The van der Waals surface area contributed by atoms with Crippen LogP contribution in [0.4, 0.5) is 0 Å². The first-order valence-electron chi connectivity index (χ1n) is 11.1. The molecule has 1 aliphatic rings. The molecule has 1 saturated heterocycles. The summed E-state index contributed by atoms with van der Waals surface area (Å²) in [6, 6.07) is -1.73. The van der Waals surface area contributed by atoms with Crippen LogP contribution in [0.25, 0.3) is 0 Å². The quantitative estimate of drug-likeness (QED) is 0.343. The molecule has 0 aliphatic carbocycles. The number of carbonyl (C=O) groups is 6. The Morgan fingerprint density at radius 3 is 2.47 bits per heavy atom. The number of hydrogen-bond acceptors (Lipinski definition) is 8. The summed E-state index contributed by atoms with van der Waals surface area (Å²) < 4.78 is 0. The molecule has 0 radical (unpaired) electrons. The second-order valence-electron chi connectivity index (χ2n) is 8.07. The van der Waals surface area contributed by atoms with Gasteiger partial charge in [0.15, 0.2) is 5.78 Å². The average molecular weight is 475 g/mol. The van der Waals surface area contributed by atoms with Gasteiger partial charge in [-0.25, -0.2) is 4.98 Å². The fourth-order valence-electron chi connectivity index (χ4n) is 3.73. The van der Waals surface area contributed by atoms with Gasteiger partial charge in [0.2, 0.25) is 23.5 Å². The highest BCUT2D eigenvalue weighted by Gasteiger charge is 2.41. The highest BCUT2D eigenvalue weighted by Crippen LogP contribution is 2.28. The number of Topliss-reactive ketones (excluding diaryl/α,β-unsaturated/α-hetero) is 2. The molecule has 1 fully saturated rings. The minimum absolute atomic E-state index is 0.0503. The van der Waals surface area contributed by atoms with E-state index in [9.17, 15) is 28.8 Å². The Morgan fingerprint density at radius 2 is 1.85 bits per heavy atom. The molecule has 12 heteroatoms. The van der Waals surface area contributed by atoms with Gasteiger partial charge < -0.3 is 20.9 Å². The number of nitrogens with zero attached hydrogens (tertiary/aromatic N) is 3. The summed E-state index contributed by atoms with van der Waals surface area (Å²) in [5.41, 5.74) is 0.0503. The summed E-state index contributed by atoms with van der Waals surface area (Å²) in [5, 5.41) is 7.40. The lowest BCUT2D eigenvalue weighted by molar-refractivity contribution is -0.140. The molecule has 0 bridgehead atoms. The zero-order chi connectivity index (χ0) is 25.3. The van der Waals surface area contributed by atoms with Crippen molar-refractivity contribution in [2.75, 3.05) is 19.6 Å². The molecule has 34 heavy (non-hydrogen) atoms. The van der Waals surface area contributed by atoms with E-state index in [4.69, 9.17) is 0 Å².